The van der Waals surface area contributed by atoms with Crippen LogP contribution in [0, 0.1) is 5.82 Å². The van der Waals surface area contributed by atoms with Gasteiger partial charge in [0.25, 0.3) is 5.91 Å². The van der Waals surface area contributed by atoms with E-state index in [2.05, 4.69) is 10.3 Å². The van der Waals surface area contributed by atoms with E-state index < -0.39 is 27.6 Å². The molecule has 1 aromatic heterocycles. The number of carbonyl (C=O) groups excluding carboxylic acids is 2. The summed E-state index contributed by atoms with van der Waals surface area (Å²) in [7, 11) is -1.86. The summed E-state index contributed by atoms with van der Waals surface area (Å²) in [5.74, 6) is -1.66. The minimum atomic E-state index is -3.31. The predicted molar refractivity (Wildman–Crippen MR) is 90.4 cm³/mol. The van der Waals surface area contributed by atoms with E-state index in [1.54, 1.807) is 6.07 Å². The van der Waals surface area contributed by atoms with Gasteiger partial charge in [0.1, 0.15) is 11.5 Å². The van der Waals surface area contributed by atoms with E-state index in [0.29, 0.717) is 10.9 Å². The van der Waals surface area contributed by atoms with Gasteiger partial charge in [-0.1, -0.05) is 6.07 Å². The van der Waals surface area contributed by atoms with Gasteiger partial charge >= 0.3 is 0 Å². The van der Waals surface area contributed by atoms with Gasteiger partial charge in [-0.2, -0.15) is 0 Å². The molecule has 3 rings (SSSR count). The first-order valence-corrected chi connectivity index (χ1v) is 9.62. The second kappa shape index (κ2) is 6.47. The molecule has 0 bridgehead atoms. The van der Waals surface area contributed by atoms with Crippen molar-refractivity contribution in [1.82, 2.24) is 15.2 Å². The van der Waals surface area contributed by atoms with Crippen LogP contribution in [0.2, 0.25) is 0 Å². The smallest absolute Gasteiger partial charge is 0.270 e. The van der Waals surface area contributed by atoms with Crippen molar-refractivity contribution in [2.24, 2.45) is 0 Å². The van der Waals surface area contributed by atoms with Crippen LogP contribution in [0.1, 0.15) is 16.9 Å². The fourth-order valence-corrected chi connectivity index (χ4v) is 4.55. The number of carbonyl (C=O) groups is 2. The highest BCUT2D eigenvalue weighted by molar-refractivity contribution is 7.91. The Morgan fingerprint density at radius 2 is 2.16 bits per heavy atom. The Balaban J connectivity index is 1.92. The Kier molecular flexibility index (Phi) is 4.51. The molecule has 1 saturated heterocycles. The monoisotopic (exact) mass is 367 g/mol. The molecule has 1 unspecified atom stereocenters. The number of halogens is 1. The van der Waals surface area contributed by atoms with E-state index in [-0.39, 0.29) is 36.1 Å². The summed E-state index contributed by atoms with van der Waals surface area (Å²) in [6.45, 7) is 0.000670. The lowest BCUT2D eigenvalue weighted by Crippen LogP contribution is -2.52. The van der Waals surface area contributed by atoms with Gasteiger partial charge in [0, 0.05) is 30.9 Å². The molecule has 0 radical (unpaired) electrons. The lowest BCUT2D eigenvalue weighted by Gasteiger charge is -2.34. The standard InChI is InChI=1S/C16H18FN3O4S/c1-18-15(21)7-10-9-25(23,24)6-5-20(10)16(22)14-8-11-12(17)3-2-4-13(11)19-14/h2-4,8,10,19H,5-7,9H2,1H3,(H,18,21). The van der Waals surface area contributed by atoms with Crippen molar-refractivity contribution in [1.29, 1.82) is 0 Å². The highest BCUT2D eigenvalue weighted by Crippen LogP contribution is 2.22. The molecular weight excluding hydrogens is 349 g/mol. The van der Waals surface area contributed by atoms with Crippen LogP contribution in [0.15, 0.2) is 24.3 Å². The molecule has 1 fully saturated rings. The minimum Gasteiger partial charge on any atom is -0.359 e. The molecule has 0 aliphatic carbocycles. The van der Waals surface area contributed by atoms with Crippen LogP contribution in [0.4, 0.5) is 4.39 Å². The molecule has 1 atom stereocenters. The zero-order valence-electron chi connectivity index (χ0n) is 13.6. The molecule has 25 heavy (non-hydrogen) atoms. The lowest BCUT2D eigenvalue weighted by molar-refractivity contribution is -0.121. The second-order valence-corrected chi connectivity index (χ2v) is 8.26. The van der Waals surface area contributed by atoms with Gasteiger partial charge in [-0.25, -0.2) is 12.8 Å². The fraction of sp³-hybridized carbons (Fsp3) is 0.375. The number of fused-ring (bicyclic) bond motifs is 1. The highest BCUT2D eigenvalue weighted by Gasteiger charge is 2.36. The molecule has 2 amide bonds. The van der Waals surface area contributed by atoms with Crippen LogP contribution in [-0.2, 0) is 14.6 Å². The van der Waals surface area contributed by atoms with Crippen molar-refractivity contribution in [3.8, 4) is 0 Å². The van der Waals surface area contributed by atoms with E-state index in [9.17, 15) is 22.4 Å². The van der Waals surface area contributed by atoms with Gasteiger partial charge in [-0.15, -0.1) is 0 Å². The van der Waals surface area contributed by atoms with Gasteiger partial charge in [-0.3, -0.25) is 9.59 Å². The van der Waals surface area contributed by atoms with Crippen LogP contribution in [0.25, 0.3) is 10.9 Å². The van der Waals surface area contributed by atoms with Gasteiger partial charge in [0.2, 0.25) is 5.91 Å². The summed E-state index contributed by atoms with van der Waals surface area (Å²) in [5.41, 5.74) is 0.650. The topological polar surface area (TPSA) is 99.3 Å². The molecule has 2 N–H and O–H groups in total. The molecule has 1 aromatic carbocycles. The van der Waals surface area contributed by atoms with Crippen molar-refractivity contribution >= 4 is 32.6 Å². The van der Waals surface area contributed by atoms with E-state index in [0.717, 1.165) is 0 Å². The van der Waals surface area contributed by atoms with Crippen molar-refractivity contribution in [3.63, 3.8) is 0 Å². The number of benzene rings is 1. The van der Waals surface area contributed by atoms with Crippen molar-refractivity contribution in [3.05, 3.63) is 35.8 Å². The largest absolute Gasteiger partial charge is 0.359 e. The number of nitrogens with one attached hydrogen (secondary N) is 2. The molecule has 134 valence electrons. The van der Waals surface area contributed by atoms with E-state index >= 15 is 0 Å². The molecule has 2 heterocycles. The average molecular weight is 367 g/mol. The highest BCUT2D eigenvalue weighted by atomic mass is 32.2. The first kappa shape index (κ1) is 17.4. The Labute approximate surface area is 144 Å². The number of sulfone groups is 1. The number of H-pyrrole nitrogens is 1. The summed E-state index contributed by atoms with van der Waals surface area (Å²) < 4.78 is 37.6. The average Bonchev–Trinajstić information content (AvgIpc) is 2.99. The Morgan fingerprint density at radius 3 is 2.84 bits per heavy atom. The summed E-state index contributed by atoms with van der Waals surface area (Å²) >= 11 is 0. The van der Waals surface area contributed by atoms with Crippen LogP contribution >= 0.6 is 0 Å². The summed E-state index contributed by atoms with van der Waals surface area (Å²) in [5, 5.41) is 2.73. The number of rotatable bonds is 3. The Hall–Kier alpha value is -2.42. The van der Waals surface area contributed by atoms with Crippen molar-refractivity contribution < 1.29 is 22.4 Å². The first-order valence-electron chi connectivity index (χ1n) is 7.80. The molecule has 2 aromatic rings. The van der Waals surface area contributed by atoms with E-state index in [1.807, 2.05) is 0 Å². The van der Waals surface area contributed by atoms with Crippen LogP contribution in [-0.4, -0.2) is 61.3 Å². The third-order valence-electron chi connectivity index (χ3n) is 4.33. The number of hydrogen-bond acceptors (Lipinski definition) is 4. The molecule has 1 aliphatic heterocycles. The summed E-state index contributed by atoms with van der Waals surface area (Å²) in [6, 6.07) is 5.14. The molecule has 1 aliphatic rings. The van der Waals surface area contributed by atoms with Crippen LogP contribution < -0.4 is 5.32 Å². The van der Waals surface area contributed by atoms with Gasteiger partial charge in [0.15, 0.2) is 9.84 Å². The Bertz CT molecular complexity index is 938. The molecule has 0 spiro atoms. The normalized spacial score (nSPS) is 19.8. The maximum atomic E-state index is 13.8. The quantitative estimate of drug-likeness (QED) is 0.833. The van der Waals surface area contributed by atoms with Gasteiger partial charge < -0.3 is 15.2 Å². The summed E-state index contributed by atoms with van der Waals surface area (Å²) in [6.07, 6.45) is -0.101. The Morgan fingerprint density at radius 1 is 1.40 bits per heavy atom. The summed E-state index contributed by atoms with van der Waals surface area (Å²) in [4.78, 5) is 28.7. The van der Waals surface area contributed by atoms with Gasteiger partial charge in [-0.05, 0) is 18.2 Å². The fourth-order valence-electron chi connectivity index (χ4n) is 3.03. The third kappa shape index (κ3) is 3.51. The first-order chi connectivity index (χ1) is 11.8. The van der Waals surface area contributed by atoms with E-state index in [1.165, 1.54) is 30.1 Å². The SMILES string of the molecule is CNC(=O)CC1CS(=O)(=O)CCN1C(=O)c1cc2c(F)cccc2[nH]1. The van der Waals surface area contributed by atoms with E-state index in [4.69, 9.17) is 0 Å². The maximum Gasteiger partial charge on any atom is 0.270 e. The van der Waals surface area contributed by atoms with Crippen molar-refractivity contribution in [2.75, 3.05) is 25.1 Å². The minimum absolute atomic E-state index is 0.000670. The zero-order valence-corrected chi connectivity index (χ0v) is 14.4. The molecule has 7 nitrogen and oxygen atoms in total. The number of nitrogens with zero attached hydrogens (tertiary/aromatic N) is 1. The van der Waals surface area contributed by atoms with Gasteiger partial charge in [0.05, 0.1) is 17.5 Å². The van der Waals surface area contributed by atoms with Crippen molar-refractivity contribution in [2.45, 2.75) is 12.5 Å². The molecule has 0 saturated carbocycles. The number of aromatic amines is 1. The zero-order chi connectivity index (χ0) is 18.2. The number of hydrogen-bond donors (Lipinski definition) is 2. The van der Waals surface area contributed by atoms with Crippen LogP contribution in [0.3, 0.4) is 0 Å². The third-order valence-corrected chi connectivity index (χ3v) is 6.03. The number of aromatic nitrogens is 1. The van der Waals surface area contributed by atoms with Crippen LogP contribution in [0.5, 0.6) is 0 Å². The molecule has 9 heteroatoms. The predicted octanol–water partition coefficient (Wildman–Crippen LogP) is 0.682. The second-order valence-electron chi connectivity index (χ2n) is 6.03. The molecular formula is C16H18FN3O4S. The lowest BCUT2D eigenvalue weighted by atomic mass is 10.1. The maximum absolute atomic E-state index is 13.8. The number of amides is 2.